The van der Waals surface area contributed by atoms with Crippen LogP contribution >= 0.6 is 0 Å². The van der Waals surface area contributed by atoms with Gasteiger partial charge < -0.3 is 10.6 Å². The molecule has 1 saturated heterocycles. The number of para-hydroxylation sites is 1. The molecule has 1 fully saturated rings. The minimum Gasteiger partial charge on any atom is -0.324 e. The number of carbonyl (C=O) groups is 3. The lowest BCUT2D eigenvalue weighted by Gasteiger charge is -2.27. The summed E-state index contributed by atoms with van der Waals surface area (Å²) in [5.41, 5.74) is 1.88. The van der Waals surface area contributed by atoms with Crippen LogP contribution in [0, 0.1) is 6.92 Å². The fraction of sp³-hybridized carbons (Fsp3) is 0.160. The molecule has 0 unspecified atom stereocenters. The van der Waals surface area contributed by atoms with Crippen LogP contribution in [0.3, 0.4) is 0 Å². The normalized spacial score (nSPS) is 18.0. The number of nitrogens with one attached hydrogen (secondary N) is 2. The monoisotopic (exact) mass is 413 g/mol. The second-order valence-corrected chi connectivity index (χ2v) is 7.62. The van der Waals surface area contributed by atoms with Gasteiger partial charge in [0.25, 0.3) is 5.91 Å². The Hall–Kier alpha value is -3.93. The van der Waals surface area contributed by atoms with Gasteiger partial charge in [0, 0.05) is 12.1 Å². The van der Waals surface area contributed by atoms with Gasteiger partial charge in [-0.15, -0.1) is 0 Å². The maximum absolute atomic E-state index is 13.6. The molecular weight excluding hydrogens is 390 g/mol. The Balaban J connectivity index is 1.61. The molecule has 1 heterocycles. The van der Waals surface area contributed by atoms with E-state index in [1.54, 1.807) is 6.07 Å². The quantitative estimate of drug-likeness (QED) is 0.606. The molecule has 0 aliphatic carbocycles. The average molecular weight is 413 g/mol. The first-order valence-electron chi connectivity index (χ1n) is 10.1. The van der Waals surface area contributed by atoms with E-state index in [2.05, 4.69) is 10.6 Å². The van der Waals surface area contributed by atoms with E-state index in [1.165, 1.54) is 0 Å². The van der Waals surface area contributed by atoms with Gasteiger partial charge in [-0.25, -0.2) is 4.79 Å². The topological polar surface area (TPSA) is 78.5 Å². The van der Waals surface area contributed by atoms with E-state index >= 15 is 0 Å². The number of imide groups is 1. The highest BCUT2D eigenvalue weighted by molar-refractivity contribution is 6.10. The molecule has 0 spiro atoms. The third-order valence-corrected chi connectivity index (χ3v) is 5.48. The summed E-state index contributed by atoms with van der Waals surface area (Å²) in [6, 6.07) is 25.4. The van der Waals surface area contributed by atoms with Crippen molar-refractivity contribution < 1.29 is 14.4 Å². The lowest BCUT2D eigenvalue weighted by atomic mass is 9.83. The lowest BCUT2D eigenvalue weighted by Crippen LogP contribution is -2.46. The van der Waals surface area contributed by atoms with Gasteiger partial charge in [0.15, 0.2) is 5.54 Å². The van der Waals surface area contributed by atoms with E-state index in [0.717, 1.165) is 16.0 Å². The molecule has 0 saturated carbocycles. The fourth-order valence-corrected chi connectivity index (χ4v) is 3.86. The number of nitrogens with zero attached hydrogens (tertiary/aromatic N) is 1. The minimum atomic E-state index is -1.26. The van der Waals surface area contributed by atoms with E-state index in [9.17, 15) is 14.4 Å². The number of aryl methyl sites for hydroxylation is 1. The highest BCUT2D eigenvalue weighted by Crippen LogP contribution is 2.33. The zero-order chi connectivity index (χ0) is 21.8. The van der Waals surface area contributed by atoms with Crippen molar-refractivity contribution in [2.24, 2.45) is 0 Å². The van der Waals surface area contributed by atoms with Crippen LogP contribution in [0.1, 0.15) is 16.7 Å². The van der Waals surface area contributed by atoms with Crippen molar-refractivity contribution in [2.45, 2.75) is 18.9 Å². The molecule has 156 valence electrons. The third kappa shape index (κ3) is 4.05. The zero-order valence-electron chi connectivity index (χ0n) is 17.2. The van der Waals surface area contributed by atoms with Crippen LogP contribution in [0.5, 0.6) is 0 Å². The molecule has 1 aliphatic rings. The molecule has 0 aromatic heterocycles. The van der Waals surface area contributed by atoms with Crippen LogP contribution in [-0.2, 0) is 21.5 Å². The van der Waals surface area contributed by atoms with Crippen LogP contribution in [0.15, 0.2) is 84.9 Å². The predicted molar refractivity (Wildman–Crippen MR) is 118 cm³/mol. The summed E-state index contributed by atoms with van der Waals surface area (Å²) in [4.78, 5) is 40.0. The van der Waals surface area contributed by atoms with Crippen LogP contribution in [-0.4, -0.2) is 29.3 Å². The summed E-state index contributed by atoms with van der Waals surface area (Å²) in [6.45, 7) is 1.52. The maximum atomic E-state index is 13.6. The molecule has 3 aromatic rings. The number of urea groups is 1. The van der Waals surface area contributed by atoms with Crippen molar-refractivity contribution in [3.8, 4) is 0 Å². The number of benzene rings is 3. The standard InChI is InChI=1S/C25H23N3O3/c1-18-10-8-9-15-21(18)26-22(29)17-28-23(30)25(27-24(28)31,20-13-6-3-7-14-20)16-19-11-4-2-5-12-19/h2-15H,16-17H2,1H3,(H,26,29)(H,27,31)/t25-/m1/s1. The molecule has 1 atom stereocenters. The number of anilines is 1. The molecule has 3 aromatic carbocycles. The summed E-state index contributed by atoms with van der Waals surface area (Å²) in [5.74, 6) is -0.867. The number of hydrogen-bond donors (Lipinski definition) is 2. The second-order valence-electron chi connectivity index (χ2n) is 7.62. The SMILES string of the molecule is Cc1ccccc1NC(=O)CN1C(=O)N[C@](Cc2ccccc2)(c2ccccc2)C1=O. The first-order chi connectivity index (χ1) is 15.0. The lowest BCUT2D eigenvalue weighted by molar-refractivity contribution is -0.134. The molecule has 2 N–H and O–H groups in total. The molecule has 1 aliphatic heterocycles. The molecule has 6 nitrogen and oxygen atoms in total. The Morgan fingerprint density at radius 2 is 1.52 bits per heavy atom. The summed E-state index contributed by atoms with van der Waals surface area (Å²) < 4.78 is 0. The van der Waals surface area contributed by atoms with Gasteiger partial charge in [-0.2, -0.15) is 0 Å². The van der Waals surface area contributed by atoms with Gasteiger partial charge in [0.1, 0.15) is 6.54 Å². The Labute approximate surface area is 180 Å². The van der Waals surface area contributed by atoms with Crippen molar-refractivity contribution in [2.75, 3.05) is 11.9 Å². The Morgan fingerprint density at radius 1 is 0.903 bits per heavy atom. The van der Waals surface area contributed by atoms with E-state index in [-0.39, 0.29) is 6.54 Å². The molecular formula is C25H23N3O3. The van der Waals surface area contributed by atoms with Gasteiger partial charge in [-0.05, 0) is 29.7 Å². The van der Waals surface area contributed by atoms with Crippen LogP contribution in [0.25, 0.3) is 0 Å². The van der Waals surface area contributed by atoms with E-state index < -0.39 is 23.4 Å². The molecule has 6 heteroatoms. The molecule has 0 radical (unpaired) electrons. The Kier molecular flexibility index (Phi) is 5.54. The van der Waals surface area contributed by atoms with Gasteiger partial charge in [0.2, 0.25) is 5.91 Å². The first kappa shape index (κ1) is 20.3. The highest BCUT2D eigenvalue weighted by atomic mass is 16.2. The Morgan fingerprint density at radius 3 is 2.19 bits per heavy atom. The van der Waals surface area contributed by atoms with Crippen molar-refractivity contribution in [3.63, 3.8) is 0 Å². The summed E-state index contributed by atoms with van der Waals surface area (Å²) in [7, 11) is 0. The molecule has 4 rings (SSSR count). The Bertz CT molecular complexity index is 1120. The fourth-order valence-electron chi connectivity index (χ4n) is 3.86. The number of amides is 4. The van der Waals surface area contributed by atoms with Gasteiger partial charge in [-0.3, -0.25) is 14.5 Å². The van der Waals surface area contributed by atoms with Gasteiger partial charge >= 0.3 is 6.03 Å². The summed E-state index contributed by atoms with van der Waals surface area (Å²) >= 11 is 0. The predicted octanol–water partition coefficient (Wildman–Crippen LogP) is 3.62. The van der Waals surface area contributed by atoms with Crippen molar-refractivity contribution in [1.82, 2.24) is 10.2 Å². The zero-order valence-corrected chi connectivity index (χ0v) is 17.2. The van der Waals surface area contributed by atoms with Crippen LogP contribution in [0.4, 0.5) is 10.5 Å². The third-order valence-electron chi connectivity index (χ3n) is 5.48. The average Bonchev–Trinajstić information content (AvgIpc) is 3.01. The maximum Gasteiger partial charge on any atom is 0.325 e. The number of carbonyl (C=O) groups excluding carboxylic acids is 3. The minimum absolute atomic E-state index is 0.290. The van der Waals surface area contributed by atoms with E-state index in [1.807, 2.05) is 85.8 Å². The number of rotatable bonds is 6. The van der Waals surface area contributed by atoms with Crippen LogP contribution < -0.4 is 10.6 Å². The smallest absolute Gasteiger partial charge is 0.324 e. The van der Waals surface area contributed by atoms with Crippen molar-refractivity contribution >= 4 is 23.5 Å². The summed E-state index contributed by atoms with van der Waals surface area (Å²) in [5, 5.41) is 5.65. The van der Waals surface area contributed by atoms with Crippen LogP contribution in [0.2, 0.25) is 0 Å². The van der Waals surface area contributed by atoms with E-state index in [4.69, 9.17) is 0 Å². The second kappa shape index (κ2) is 8.44. The molecule has 31 heavy (non-hydrogen) atoms. The van der Waals surface area contributed by atoms with Gasteiger partial charge in [-0.1, -0.05) is 78.9 Å². The van der Waals surface area contributed by atoms with Crippen molar-refractivity contribution in [3.05, 3.63) is 102 Å². The number of hydrogen-bond acceptors (Lipinski definition) is 3. The van der Waals surface area contributed by atoms with E-state index in [0.29, 0.717) is 17.7 Å². The van der Waals surface area contributed by atoms with Crippen molar-refractivity contribution in [1.29, 1.82) is 0 Å². The first-order valence-corrected chi connectivity index (χ1v) is 10.1. The molecule has 4 amide bonds. The highest BCUT2D eigenvalue weighted by Gasteiger charge is 2.52. The molecule has 0 bridgehead atoms. The largest absolute Gasteiger partial charge is 0.325 e. The summed E-state index contributed by atoms with van der Waals surface area (Å²) in [6.07, 6.45) is 0.290. The van der Waals surface area contributed by atoms with Gasteiger partial charge in [0.05, 0.1) is 0 Å².